The van der Waals surface area contributed by atoms with Crippen LogP contribution in [0.2, 0.25) is 0 Å². The van der Waals surface area contributed by atoms with Gasteiger partial charge in [0.1, 0.15) is 0 Å². The van der Waals surface area contributed by atoms with Crippen LogP contribution in [-0.4, -0.2) is 14.5 Å². The Labute approximate surface area is 161 Å². The normalized spacial score (nSPS) is 11.8. The summed E-state index contributed by atoms with van der Waals surface area (Å²) in [6.07, 6.45) is 1.91. The zero-order chi connectivity index (χ0) is 18.7. The molecule has 0 atom stereocenters. The van der Waals surface area contributed by atoms with Gasteiger partial charge in [-0.1, -0.05) is 60.2 Å². The number of hydrogen-bond acceptors (Lipinski definition) is 2. The molecule has 0 aliphatic rings. The van der Waals surface area contributed by atoms with E-state index in [1.807, 2.05) is 30.5 Å². The van der Waals surface area contributed by atoms with Crippen molar-refractivity contribution < 1.29 is 0 Å². The first-order valence-electron chi connectivity index (χ1n) is 9.44. The molecule has 6 rings (SSSR count). The van der Waals surface area contributed by atoms with Crippen molar-refractivity contribution >= 4 is 43.5 Å². The van der Waals surface area contributed by atoms with Gasteiger partial charge >= 0.3 is 0 Å². The van der Waals surface area contributed by atoms with Crippen molar-refractivity contribution in [3.8, 4) is 5.95 Å². The molecule has 3 heteroatoms. The summed E-state index contributed by atoms with van der Waals surface area (Å²) in [5.41, 5.74) is 4.47. The predicted molar refractivity (Wildman–Crippen MR) is 116 cm³/mol. The molecule has 2 aromatic heterocycles. The summed E-state index contributed by atoms with van der Waals surface area (Å²) in [5.74, 6) is 0.706. The Hall–Kier alpha value is -3.72. The average Bonchev–Trinajstić information content (AvgIpc) is 3.07. The molecule has 0 amide bonds. The van der Waals surface area contributed by atoms with Crippen molar-refractivity contribution in [1.82, 2.24) is 14.5 Å². The third-order valence-electron chi connectivity index (χ3n) is 5.49. The quantitative estimate of drug-likeness (QED) is 0.350. The minimum absolute atomic E-state index is 0.706. The highest BCUT2D eigenvalue weighted by atomic mass is 15.2. The van der Waals surface area contributed by atoms with Crippen molar-refractivity contribution in [3.05, 3.63) is 90.6 Å². The summed E-state index contributed by atoms with van der Waals surface area (Å²) in [6.45, 7) is 2.14. The van der Waals surface area contributed by atoms with Crippen LogP contribution in [0.3, 0.4) is 0 Å². The maximum Gasteiger partial charge on any atom is 0.235 e. The first-order chi connectivity index (χ1) is 13.8. The van der Waals surface area contributed by atoms with Gasteiger partial charge < -0.3 is 0 Å². The summed E-state index contributed by atoms with van der Waals surface area (Å²) < 4.78 is 2.18. The molecule has 0 spiro atoms. The van der Waals surface area contributed by atoms with Crippen LogP contribution in [0.5, 0.6) is 0 Å². The number of benzene rings is 4. The lowest BCUT2D eigenvalue weighted by Crippen LogP contribution is -2.00. The lowest BCUT2D eigenvalue weighted by atomic mass is 10.0. The smallest absolute Gasteiger partial charge is 0.235 e. The molecule has 0 fully saturated rings. The minimum atomic E-state index is 0.706. The molecule has 4 aromatic carbocycles. The lowest BCUT2D eigenvalue weighted by Gasteiger charge is -2.07. The second-order valence-electron chi connectivity index (χ2n) is 7.27. The van der Waals surface area contributed by atoms with Crippen LogP contribution in [0.15, 0.2) is 85.1 Å². The maximum absolute atomic E-state index is 4.87. The lowest BCUT2D eigenvalue weighted by molar-refractivity contribution is 1.01. The van der Waals surface area contributed by atoms with E-state index >= 15 is 0 Å². The monoisotopic (exact) mass is 359 g/mol. The number of para-hydroxylation sites is 1. The SMILES string of the molecule is Cc1ccc2c(c1)c1c3ccccc3ccc1n2-c1ncc2ccccc2n1. The molecule has 132 valence electrons. The van der Waals surface area contributed by atoms with Gasteiger partial charge in [0.2, 0.25) is 5.95 Å². The van der Waals surface area contributed by atoms with Crippen LogP contribution >= 0.6 is 0 Å². The summed E-state index contributed by atoms with van der Waals surface area (Å²) in [5, 5.41) is 6.05. The topological polar surface area (TPSA) is 30.7 Å². The van der Waals surface area contributed by atoms with Crippen LogP contribution in [-0.2, 0) is 0 Å². The third-order valence-corrected chi connectivity index (χ3v) is 5.49. The molecule has 2 heterocycles. The van der Waals surface area contributed by atoms with E-state index < -0.39 is 0 Å². The Morgan fingerprint density at radius 3 is 2.43 bits per heavy atom. The summed E-state index contributed by atoms with van der Waals surface area (Å²) in [6, 6.07) is 27.6. The molecule has 0 aliphatic carbocycles. The molecule has 0 saturated heterocycles. The summed E-state index contributed by atoms with van der Waals surface area (Å²) >= 11 is 0. The van der Waals surface area contributed by atoms with Crippen molar-refractivity contribution in [2.24, 2.45) is 0 Å². The van der Waals surface area contributed by atoms with Crippen molar-refractivity contribution in [2.75, 3.05) is 0 Å². The number of aromatic nitrogens is 3. The maximum atomic E-state index is 4.87. The Morgan fingerprint density at radius 1 is 0.714 bits per heavy atom. The van der Waals surface area contributed by atoms with Crippen LogP contribution in [0.1, 0.15) is 5.56 Å². The number of fused-ring (bicyclic) bond motifs is 6. The zero-order valence-corrected chi connectivity index (χ0v) is 15.4. The van der Waals surface area contributed by atoms with Gasteiger partial charge in [-0.05, 0) is 42.0 Å². The molecular weight excluding hydrogens is 342 g/mol. The Balaban J connectivity index is 1.81. The largest absolute Gasteiger partial charge is 0.278 e. The highest BCUT2D eigenvalue weighted by Crippen LogP contribution is 2.36. The Morgan fingerprint density at radius 2 is 1.50 bits per heavy atom. The molecular formula is C25H17N3. The second kappa shape index (κ2) is 5.64. The van der Waals surface area contributed by atoms with E-state index in [2.05, 4.69) is 66.1 Å². The standard InChI is InChI=1S/C25H17N3/c1-16-10-12-22-20(14-16)24-19-8-4-2-6-17(19)11-13-23(24)28(22)25-26-15-18-7-3-5-9-21(18)27-25/h2-15H,1H3. The number of hydrogen-bond donors (Lipinski definition) is 0. The number of aryl methyl sites for hydroxylation is 1. The van der Waals surface area contributed by atoms with Gasteiger partial charge in [-0.15, -0.1) is 0 Å². The molecule has 0 bridgehead atoms. The van der Waals surface area contributed by atoms with Gasteiger partial charge in [0, 0.05) is 22.4 Å². The molecule has 0 unspecified atom stereocenters. The molecule has 3 nitrogen and oxygen atoms in total. The average molecular weight is 359 g/mol. The van der Waals surface area contributed by atoms with E-state index in [4.69, 9.17) is 9.97 Å². The van der Waals surface area contributed by atoms with E-state index in [1.165, 1.54) is 27.1 Å². The van der Waals surface area contributed by atoms with Gasteiger partial charge in [-0.3, -0.25) is 4.57 Å². The van der Waals surface area contributed by atoms with Crippen molar-refractivity contribution in [1.29, 1.82) is 0 Å². The predicted octanol–water partition coefficient (Wildman–Crippen LogP) is 6.19. The first kappa shape index (κ1) is 15.3. The highest BCUT2D eigenvalue weighted by molar-refractivity contribution is 6.21. The molecule has 0 N–H and O–H groups in total. The van der Waals surface area contributed by atoms with Crippen LogP contribution in [0, 0.1) is 6.92 Å². The fourth-order valence-electron chi connectivity index (χ4n) is 4.19. The molecule has 28 heavy (non-hydrogen) atoms. The Kier molecular flexibility index (Phi) is 3.09. The van der Waals surface area contributed by atoms with E-state index in [1.54, 1.807) is 0 Å². The van der Waals surface area contributed by atoms with E-state index in [9.17, 15) is 0 Å². The van der Waals surface area contributed by atoms with Crippen LogP contribution in [0.25, 0.3) is 49.4 Å². The summed E-state index contributed by atoms with van der Waals surface area (Å²) in [4.78, 5) is 9.58. The minimum Gasteiger partial charge on any atom is -0.278 e. The molecule has 6 aromatic rings. The van der Waals surface area contributed by atoms with Crippen molar-refractivity contribution in [2.45, 2.75) is 6.92 Å². The second-order valence-corrected chi connectivity index (χ2v) is 7.27. The fourth-order valence-corrected chi connectivity index (χ4v) is 4.19. The summed E-state index contributed by atoms with van der Waals surface area (Å²) in [7, 11) is 0. The van der Waals surface area contributed by atoms with E-state index in [-0.39, 0.29) is 0 Å². The van der Waals surface area contributed by atoms with Gasteiger partial charge in [0.05, 0.1) is 16.6 Å². The molecule has 0 saturated carbocycles. The van der Waals surface area contributed by atoms with Crippen molar-refractivity contribution in [3.63, 3.8) is 0 Å². The fraction of sp³-hybridized carbons (Fsp3) is 0.0400. The van der Waals surface area contributed by atoms with Crippen LogP contribution in [0.4, 0.5) is 0 Å². The van der Waals surface area contributed by atoms with Crippen LogP contribution < -0.4 is 0 Å². The highest BCUT2D eigenvalue weighted by Gasteiger charge is 2.16. The van der Waals surface area contributed by atoms with E-state index in [0.717, 1.165) is 21.9 Å². The van der Waals surface area contributed by atoms with Gasteiger partial charge in [-0.2, -0.15) is 0 Å². The third kappa shape index (κ3) is 2.10. The molecule has 0 aliphatic heterocycles. The van der Waals surface area contributed by atoms with Gasteiger partial charge in [0.15, 0.2) is 0 Å². The first-order valence-corrected chi connectivity index (χ1v) is 9.44. The number of rotatable bonds is 1. The van der Waals surface area contributed by atoms with Gasteiger partial charge in [-0.25, -0.2) is 9.97 Å². The Bertz CT molecular complexity index is 1530. The van der Waals surface area contributed by atoms with Gasteiger partial charge in [0.25, 0.3) is 0 Å². The number of nitrogens with zero attached hydrogens (tertiary/aromatic N) is 3. The zero-order valence-electron chi connectivity index (χ0n) is 15.4. The van der Waals surface area contributed by atoms with E-state index in [0.29, 0.717) is 5.95 Å². The molecule has 0 radical (unpaired) electrons.